The van der Waals surface area contributed by atoms with E-state index in [4.69, 9.17) is 0 Å². The van der Waals surface area contributed by atoms with Crippen LogP contribution in [0.15, 0.2) is 30.3 Å². The highest BCUT2D eigenvalue weighted by Gasteiger charge is 2.16. The molecule has 1 aliphatic heterocycles. The standard InChI is InChI=1S/C15H22N2O.ClH/c1-13-6-5-10-17(12-13)11-9-15(18)16-14-7-3-2-4-8-14;/h2-4,7-8,13H,5-6,9-12H2,1H3,(H,16,18);1H/p-1. The molecule has 1 heterocycles. The molecule has 106 valence electrons. The molecule has 2 rings (SSSR count). The third kappa shape index (κ3) is 5.62. The zero-order valence-electron chi connectivity index (χ0n) is 11.4. The Morgan fingerprint density at radius 3 is 2.79 bits per heavy atom. The van der Waals surface area contributed by atoms with Crippen LogP contribution in [0.2, 0.25) is 0 Å². The molecule has 1 saturated heterocycles. The van der Waals surface area contributed by atoms with Crippen LogP contribution in [0.5, 0.6) is 0 Å². The lowest BCUT2D eigenvalue weighted by molar-refractivity contribution is -0.116. The molecule has 0 radical (unpaired) electrons. The number of para-hydroxylation sites is 1. The normalized spacial score (nSPS) is 19.5. The zero-order chi connectivity index (χ0) is 12.8. The summed E-state index contributed by atoms with van der Waals surface area (Å²) >= 11 is 0. The summed E-state index contributed by atoms with van der Waals surface area (Å²) < 4.78 is 0. The second-order valence-corrected chi connectivity index (χ2v) is 5.21. The monoisotopic (exact) mass is 281 g/mol. The van der Waals surface area contributed by atoms with Crippen molar-refractivity contribution in [3.05, 3.63) is 30.3 Å². The fourth-order valence-corrected chi connectivity index (χ4v) is 2.49. The first kappa shape index (κ1) is 16.0. The maximum absolute atomic E-state index is 11.8. The fourth-order valence-electron chi connectivity index (χ4n) is 2.49. The van der Waals surface area contributed by atoms with Gasteiger partial charge in [-0.15, -0.1) is 0 Å². The van der Waals surface area contributed by atoms with Gasteiger partial charge in [0.25, 0.3) is 0 Å². The SMILES string of the molecule is CC1CCCN(CCC(=O)Nc2ccccc2)C1.[Cl-]. The van der Waals surface area contributed by atoms with E-state index >= 15 is 0 Å². The van der Waals surface area contributed by atoms with Gasteiger partial charge in [0.1, 0.15) is 0 Å². The maximum atomic E-state index is 11.8. The molecule has 1 amide bonds. The van der Waals surface area contributed by atoms with Crippen LogP contribution in [0.1, 0.15) is 26.2 Å². The molecule has 1 fully saturated rings. The number of rotatable bonds is 4. The number of hydrogen-bond donors (Lipinski definition) is 1. The highest BCUT2D eigenvalue weighted by molar-refractivity contribution is 5.90. The molecule has 1 N–H and O–H groups in total. The molecule has 0 aliphatic carbocycles. The van der Waals surface area contributed by atoms with Crippen LogP contribution in [0.4, 0.5) is 5.69 Å². The Bertz CT molecular complexity index is 383. The number of piperidine rings is 1. The molecule has 0 bridgehead atoms. The van der Waals surface area contributed by atoms with Gasteiger partial charge in [-0.1, -0.05) is 25.1 Å². The second kappa shape index (κ2) is 8.18. The van der Waals surface area contributed by atoms with Crippen LogP contribution in [-0.2, 0) is 4.79 Å². The highest BCUT2D eigenvalue weighted by Crippen LogP contribution is 2.15. The number of nitrogens with one attached hydrogen (secondary N) is 1. The van der Waals surface area contributed by atoms with Gasteiger partial charge in [0.15, 0.2) is 0 Å². The quantitative estimate of drug-likeness (QED) is 0.826. The van der Waals surface area contributed by atoms with Gasteiger partial charge < -0.3 is 22.6 Å². The number of amides is 1. The van der Waals surface area contributed by atoms with Crippen LogP contribution in [0.25, 0.3) is 0 Å². The van der Waals surface area contributed by atoms with E-state index in [0.717, 1.165) is 31.2 Å². The Morgan fingerprint density at radius 1 is 1.37 bits per heavy atom. The number of halogens is 1. The van der Waals surface area contributed by atoms with Gasteiger partial charge in [0.05, 0.1) is 0 Å². The summed E-state index contributed by atoms with van der Waals surface area (Å²) in [6, 6.07) is 9.65. The minimum absolute atomic E-state index is 0. The van der Waals surface area contributed by atoms with Crippen LogP contribution in [-0.4, -0.2) is 30.4 Å². The number of anilines is 1. The van der Waals surface area contributed by atoms with Crippen molar-refractivity contribution in [2.24, 2.45) is 5.92 Å². The Labute approximate surface area is 121 Å². The van der Waals surface area contributed by atoms with Gasteiger partial charge in [-0.05, 0) is 37.4 Å². The number of likely N-dealkylation sites (tertiary alicyclic amines) is 1. The van der Waals surface area contributed by atoms with E-state index in [2.05, 4.69) is 17.1 Å². The van der Waals surface area contributed by atoms with Crippen LogP contribution >= 0.6 is 0 Å². The molecule has 4 heteroatoms. The van der Waals surface area contributed by atoms with Gasteiger partial charge in [-0.3, -0.25) is 4.79 Å². The molecule has 1 aromatic carbocycles. The number of nitrogens with zero attached hydrogens (tertiary/aromatic N) is 1. The lowest BCUT2D eigenvalue weighted by Crippen LogP contribution is -3.00. The van der Waals surface area contributed by atoms with Crippen LogP contribution in [0.3, 0.4) is 0 Å². The van der Waals surface area contributed by atoms with Crippen molar-refractivity contribution >= 4 is 11.6 Å². The van der Waals surface area contributed by atoms with E-state index in [1.165, 1.54) is 12.8 Å². The average Bonchev–Trinajstić information content (AvgIpc) is 2.38. The Morgan fingerprint density at radius 2 is 2.11 bits per heavy atom. The summed E-state index contributed by atoms with van der Waals surface area (Å²) in [5, 5.41) is 2.93. The second-order valence-electron chi connectivity index (χ2n) is 5.21. The Hall–Kier alpha value is -1.06. The van der Waals surface area contributed by atoms with E-state index in [1.54, 1.807) is 0 Å². The van der Waals surface area contributed by atoms with Crippen molar-refractivity contribution in [3.8, 4) is 0 Å². The largest absolute Gasteiger partial charge is 1.00 e. The Kier molecular flexibility index (Phi) is 6.89. The number of carbonyl (C=O) groups is 1. The smallest absolute Gasteiger partial charge is 0.225 e. The van der Waals surface area contributed by atoms with E-state index in [0.29, 0.717) is 6.42 Å². The van der Waals surface area contributed by atoms with E-state index in [-0.39, 0.29) is 18.3 Å². The minimum atomic E-state index is 0. The van der Waals surface area contributed by atoms with Crippen LogP contribution in [0, 0.1) is 5.92 Å². The molecular weight excluding hydrogens is 260 g/mol. The van der Waals surface area contributed by atoms with E-state index in [9.17, 15) is 4.79 Å². The number of benzene rings is 1. The summed E-state index contributed by atoms with van der Waals surface area (Å²) in [5.41, 5.74) is 0.884. The topological polar surface area (TPSA) is 32.3 Å². The summed E-state index contributed by atoms with van der Waals surface area (Å²) in [7, 11) is 0. The lowest BCUT2D eigenvalue weighted by Gasteiger charge is -2.30. The molecular formula is C15H22ClN2O-. The van der Waals surface area contributed by atoms with Gasteiger partial charge in [0.2, 0.25) is 5.91 Å². The van der Waals surface area contributed by atoms with Gasteiger partial charge in [-0.25, -0.2) is 0 Å². The van der Waals surface area contributed by atoms with Crippen molar-refractivity contribution in [2.45, 2.75) is 26.2 Å². The molecule has 0 saturated carbocycles. The summed E-state index contributed by atoms with van der Waals surface area (Å²) in [5.74, 6) is 0.885. The molecule has 1 unspecified atom stereocenters. The van der Waals surface area contributed by atoms with Crippen molar-refractivity contribution in [1.82, 2.24) is 4.90 Å². The molecule has 1 aromatic rings. The first-order chi connectivity index (χ1) is 8.74. The van der Waals surface area contributed by atoms with Crippen LogP contribution < -0.4 is 17.7 Å². The van der Waals surface area contributed by atoms with E-state index < -0.39 is 0 Å². The number of carbonyl (C=O) groups excluding carboxylic acids is 1. The fraction of sp³-hybridized carbons (Fsp3) is 0.533. The van der Waals surface area contributed by atoms with Crippen molar-refractivity contribution in [2.75, 3.05) is 25.0 Å². The molecule has 19 heavy (non-hydrogen) atoms. The summed E-state index contributed by atoms with van der Waals surface area (Å²) in [6.07, 6.45) is 3.18. The number of hydrogen-bond acceptors (Lipinski definition) is 2. The molecule has 1 atom stereocenters. The molecule has 1 aliphatic rings. The lowest BCUT2D eigenvalue weighted by atomic mass is 10.0. The van der Waals surface area contributed by atoms with Crippen molar-refractivity contribution in [1.29, 1.82) is 0 Å². The van der Waals surface area contributed by atoms with Gasteiger partial charge >= 0.3 is 0 Å². The summed E-state index contributed by atoms with van der Waals surface area (Å²) in [6.45, 7) is 5.45. The first-order valence-electron chi connectivity index (χ1n) is 6.81. The predicted octanol–water partition coefficient (Wildman–Crippen LogP) is -0.249. The molecule has 0 aromatic heterocycles. The predicted molar refractivity (Wildman–Crippen MR) is 74.5 cm³/mol. The van der Waals surface area contributed by atoms with E-state index in [1.807, 2.05) is 30.3 Å². The van der Waals surface area contributed by atoms with Gasteiger partial charge in [-0.2, -0.15) is 0 Å². The maximum Gasteiger partial charge on any atom is 0.225 e. The zero-order valence-corrected chi connectivity index (χ0v) is 12.2. The Balaban J connectivity index is 0.00000180. The summed E-state index contributed by atoms with van der Waals surface area (Å²) in [4.78, 5) is 14.2. The van der Waals surface area contributed by atoms with Crippen molar-refractivity contribution in [3.63, 3.8) is 0 Å². The molecule has 0 spiro atoms. The minimum Gasteiger partial charge on any atom is -1.00 e. The average molecular weight is 282 g/mol. The third-order valence-corrected chi connectivity index (χ3v) is 3.45. The van der Waals surface area contributed by atoms with Crippen molar-refractivity contribution < 1.29 is 17.2 Å². The molecule has 3 nitrogen and oxygen atoms in total. The van der Waals surface area contributed by atoms with Gasteiger partial charge in [0, 0.05) is 25.2 Å². The third-order valence-electron chi connectivity index (χ3n) is 3.45. The first-order valence-corrected chi connectivity index (χ1v) is 6.81. The highest BCUT2D eigenvalue weighted by atomic mass is 35.5.